The van der Waals surface area contributed by atoms with Crippen molar-refractivity contribution in [2.45, 2.75) is 50.1 Å². The van der Waals surface area contributed by atoms with Crippen molar-refractivity contribution < 1.29 is 9.59 Å². The lowest BCUT2D eigenvalue weighted by molar-refractivity contribution is -0.141. The van der Waals surface area contributed by atoms with E-state index in [4.69, 9.17) is 0 Å². The van der Waals surface area contributed by atoms with Gasteiger partial charge in [0.1, 0.15) is 6.04 Å². The summed E-state index contributed by atoms with van der Waals surface area (Å²) in [7, 11) is 0. The first kappa shape index (κ1) is 27.0. The SMILES string of the molecule is CCCCNC(=O)C(Cc1ccccc1)N(Cc1cccc(Br)c1)C(=O)CCSc1ccccc1. The van der Waals surface area contributed by atoms with Gasteiger partial charge in [-0.05, 0) is 41.8 Å². The number of amides is 2. The van der Waals surface area contributed by atoms with Crippen molar-refractivity contribution >= 4 is 39.5 Å². The third kappa shape index (κ3) is 9.19. The summed E-state index contributed by atoms with van der Waals surface area (Å²) in [6, 6.07) is 27.4. The van der Waals surface area contributed by atoms with Crippen LogP contribution in [0.1, 0.15) is 37.3 Å². The van der Waals surface area contributed by atoms with Gasteiger partial charge in [-0.15, -0.1) is 11.8 Å². The average molecular weight is 554 g/mol. The number of hydrogen-bond donors (Lipinski definition) is 1. The highest BCUT2D eigenvalue weighted by atomic mass is 79.9. The van der Waals surface area contributed by atoms with E-state index in [0.29, 0.717) is 31.7 Å². The summed E-state index contributed by atoms with van der Waals surface area (Å²) in [5.41, 5.74) is 2.02. The van der Waals surface area contributed by atoms with Crippen LogP contribution < -0.4 is 5.32 Å². The number of thioether (sulfide) groups is 1. The molecule has 0 aliphatic heterocycles. The standard InChI is InChI=1S/C29H33BrN2O2S/c1-2-3-18-31-29(34)27(21-23-11-6-4-7-12-23)32(22-24-13-10-14-25(30)20-24)28(33)17-19-35-26-15-8-5-9-16-26/h4-16,20,27H,2-3,17-19,21-22H2,1H3,(H,31,34). The highest BCUT2D eigenvalue weighted by molar-refractivity contribution is 9.10. The number of benzene rings is 3. The highest BCUT2D eigenvalue weighted by Gasteiger charge is 2.30. The second-order valence-electron chi connectivity index (χ2n) is 8.41. The van der Waals surface area contributed by atoms with E-state index in [1.165, 1.54) is 0 Å². The molecule has 35 heavy (non-hydrogen) atoms. The molecule has 0 bridgehead atoms. The van der Waals surface area contributed by atoms with Crippen molar-refractivity contribution in [2.24, 2.45) is 0 Å². The normalized spacial score (nSPS) is 11.6. The summed E-state index contributed by atoms with van der Waals surface area (Å²) in [6.07, 6.45) is 2.75. The summed E-state index contributed by atoms with van der Waals surface area (Å²) in [5, 5.41) is 3.07. The number of nitrogens with zero attached hydrogens (tertiary/aromatic N) is 1. The Balaban J connectivity index is 1.83. The lowest BCUT2D eigenvalue weighted by atomic mass is 10.0. The molecule has 1 atom stereocenters. The van der Waals surface area contributed by atoms with E-state index >= 15 is 0 Å². The second kappa shape index (κ2) is 14.7. The van der Waals surface area contributed by atoms with Crippen LogP contribution in [-0.2, 0) is 22.6 Å². The predicted octanol–water partition coefficient (Wildman–Crippen LogP) is 6.49. The smallest absolute Gasteiger partial charge is 0.243 e. The molecule has 0 aliphatic rings. The van der Waals surface area contributed by atoms with Gasteiger partial charge in [0.2, 0.25) is 11.8 Å². The number of unbranched alkanes of at least 4 members (excludes halogenated alkanes) is 1. The Morgan fingerprint density at radius 3 is 2.31 bits per heavy atom. The van der Waals surface area contributed by atoms with E-state index in [0.717, 1.165) is 33.3 Å². The van der Waals surface area contributed by atoms with E-state index in [1.54, 1.807) is 16.7 Å². The number of hydrogen-bond acceptors (Lipinski definition) is 3. The molecule has 0 aliphatic carbocycles. The van der Waals surface area contributed by atoms with Crippen molar-refractivity contribution in [2.75, 3.05) is 12.3 Å². The zero-order valence-corrected chi connectivity index (χ0v) is 22.6. The molecular weight excluding hydrogens is 520 g/mol. The van der Waals surface area contributed by atoms with Crippen LogP contribution in [0.15, 0.2) is 94.3 Å². The Labute approximate surface area is 221 Å². The molecule has 0 saturated carbocycles. The number of carbonyl (C=O) groups is 2. The zero-order valence-electron chi connectivity index (χ0n) is 20.2. The highest BCUT2D eigenvalue weighted by Crippen LogP contribution is 2.21. The summed E-state index contributed by atoms with van der Waals surface area (Å²) >= 11 is 5.19. The predicted molar refractivity (Wildman–Crippen MR) is 148 cm³/mol. The largest absolute Gasteiger partial charge is 0.354 e. The maximum absolute atomic E-state index is 13.6. The van der Waals surface area contributed by atoms with E-state index in [2.05, 4.69) is 28.2 Å². The molecule has 0 spiro atoms. The molecule has 0 heterocycles. The van der Waals surface area contributed by atoms with Gasteiger partial charge in [0.05, 0.1) is 0 Å². The van der Waals surface area contributed by atoms with Gasteiger partial charge in [0.15, 0.2) is 0 Å². The molecule has 3 aromatic rings. The van der Waals surface area contributed by atoms with Crippen molar-refractivity contribution in [1.82, 2.24) is 10.2 Å². The number of rotatable bonds is 13. The molecule has 3 rings (SSSR count). The Hall–Kier alpha value is -2.57. The Bertz CT molecular complexity index is 1060. The first-order chi connectivity index (χ1) is 17.1. The van der Waals surface area contributed by atoms with Crippen LogP contribution in [0.25, 0.3) is 0 Å². The molecular formula is C29H33BrN2O2S. The molecule has 0 saturated heterocycles. The van der Waals surface area contributed by atoms with Crippen LogP contribution in [0.4, 0.5) is 0 Å². The molecule has 4 nitrogen and oxygen atoms in total. The molecule has 3 aromatic carbocycles. The summed E-state index contributed by atoms with van der Waals surface area (Å²) in [6.45, 7) is 3.09. The second-order valence-corrected chi connectivity index (χ2v) is 10.5. The Kier molecular flexibility index (Phi) is 11.4. The van der Waals surface area contributed by atoms with Crippen molar-refractivity contribution in [1.29, 1.82) is 0 Å². The maximum atomic E-state index is 13.6. The number of nitrogens with one attached hydrogen (secondary N) is 1. The first-order valence-electron chi connectivity index (χ1n) is 12.1. The van der Waals surface area contributed by atoms with Crippen molar-refractivity contribution in [3.8, 4) is 0 Å². The Morgan fingerprint density at radius 1 is 0.943 bits per heavy atom. The average Bonchev–Trinajstić information content (AvgIpc) is 2.87. The van der Waals surface area contributed by atoms with Gasteiger partial charge >= 0.3 is 0 Å². The molecule has 0 radical (unpaired) electrons. The van der Waals surface area contributed by atoms with Gasteiger partial charge in [-0.25, -0.2) is 0 Å². The minimum atomic E-state index is -0.581. The Morgan fingerprint density at radius 2 is 1.63 bits per heavy atom. The van der Waals surface area contributed by atoms with Gasteiger partial charge in [0.25, 0.3) is 0 Å². The van der Waals surface area contributed by atoms with Crippen LogP contribution in [0.5, 0.6) is 0 Å². The van der Waals surface area contributed by atoms with E-state index in [9.17, 15) is 9.59 Å². The molecule has 1 unspecified atom stereocenters. The third-order valence-electron chi connectivity index (χ3n) is 5.67. The number of halogens is 1. The monoisotopic (exact) mass is 552 g/mol. The lowest BCUT2D eigenvalue weighted by Crippen LogP contribution is -2.50. The van der Waals surface area contributed by atoms with Crippen LogP contribution in [0.3, 0.4) is 0 Å². The molecule has 184 valence electrons. The quantitative estimate of drug-likeness (QED) is 0.195. The van der Waals surface area contributed by atoms with Crippen LogP contribution in [-0.4, -0.2) is 35.1 Å². The first-order valence-corrected chi connectivity index (χ1v) is 13.9. The fraction of sp³-hybridized carbons (Fsp3) is 0.310. The van der Waals surface area contributed by atoms with Crippen LogP contribution >= 0.6 is 27.7 Å². The van der Waals surface area contributed by atoms with E-state index < -0.39 is 6.04 Å². The van der Waals surface area contributed by atoms with Gasteiger partial charge in [-0.1, -0.05) is 89.9 Å². The third-order valence-corrected chi connectivity index (χ3v) is 7.18. The molecule has 0 fully saturated rings. The molecule has 0 aromatic heterocycles. The van der Waals surface area contributed by atoms with Gasteiger partial charge in [-0.3, -0.25) is 9.59 Å². The van der Waals surface area contributed by atoms with Crippen molar-refractivity contribution in [3.05, 3.63) is 101 Å². The fourth-order valence-electron chi connectivity index (χ4n) is 3.81. The minimum absolute atomic E-state index is 0.0139. The van der Waals surface area contributed by atoms with E-state index in [-0.39, 0.29) is 11.8 Å². The fourth-order valence-corrected chi connectivity index (χ4v) is 5.12. The van der Waals surface area contributed by atoms with Gasteiger partial charge in [0, 0.05) is 41.1 Å². The summed E-state index contributed by atoms with van der Waals surface area (Å²) < 4.78 is 0.953. The summed E-state index contributed by atoms with van der Waals surface area (Å²) in [5.74, 6) is 0.550. The number of carbonyl (C=O) groups excluding carboxylic acids is 2. The molecule has 1 N–H and O–H groups in total. The van der Waals surface area contributed by atoms with Gasteiger partial charge in [-0.2, -0.15) is 0 Å². The van der Waals surface area contributed by atoms with Crippen molar-refractivity contribution in [3.63, 3.8) is 0 Å². The summed E-state index contributed by atoms with van der Waals surface area (Å²) in [4.78, 5) is 29.9. The van der Waals surface area contributed by atoms with Crippen LogP contribution in [0, 0.1) is 0 Å². The maximum Gasteiger partial charge on any atom is 0.243 e. The van der Waals surface area contributed by atoms with Crippen LogP contribution in [0.2, 0.25) is 0 Å². The zero-order chi connectivity index (χ0) is 24.9. The molecule has 6 heteroatoms. The topological polar surface area (TPSA) is 49.4 Å². The van der Waals surface area contributed by atoms with E-state index in [1.807, 2.05) is 84.9 Å². The molecule has 2 amide bonds. The lowest BCUT2D eigenvalue weighted by Gasteiger charge is -2.31. The minimum Gasteiger partial charge on any atom is -0.354 e. The van der Waals surface area contributed by atoms with Gasteiger partial charge < -0.3 is 10.2 Å².